The van der Waals surface area contributed by atoms with Crippen molar-refractivity contribution >= 4 is 5.97 Å². The Labute approximate surface area is 84.7 Å². The molecule has 15 heavy (non-hydrogen) atoms. The van der Waals surface area contributed by atoms with E-state index in [2.05, 4.69) is 10.2 Å². The summed E-state index contributed by atoms with van der Waals surface area (Å²) in [7, 11) is 0. The molecule has 1 aliphatic carbocycles. The average Bonchev–Trinajstić information content (AvgIpc) is 2.73. The Bertz CT molecular complexity index is 565. The van der Waals surface area contributed by atoms with Gasteiger partial charge in [-0.25, -0.2) is 4.79 Å². The van der Waals surface area contributed by atoms with Gasteiger partial charge >= 0.3 is 5.97 Å². The Balaban J connectivity index is 2.21. The largest absolute Gasteiger partial charge is 0.477 e. The molecule has 0 unspecified atom stereocenters. The molecule has 0 atom stereocenters. The van der Waals surface area contributed by atoms with Crippen LogP contribution in [0.4, 0.5) is 0 Å². The highest BCUT2D eigenvalue weighted by atomic mass is 16.4. The number of H-pyrrole nitrogens is 1. The number of nitrogens with one attached hydrogen (secondary N) is 1. The van der Waals surface area contributed by atoms with Crippen molar-refractivity contribution in [2.24, 2.45) is 0 Å². The molecule has 1 aliphatic rings. The lowest BCUT2D eigenvalue weighted by molar-refractivity contribution is 0.0689. The zero-order valence-electron chi connectivity index (χ0n) is 8.00. The fourth-order valence-corrected chi connectivity index (χ4v) is 1.99. The van der Waals surface area contributed by atoms with E-state index < -0.39 is 5.97 Å². The molecule has 0 aliphatic heterocycles. The van der Waals surface area contributed by atoms with Crippen LogP contribution < -0.4 is 0 Å². The van der Waals surface area contributed by atoms with Crippen LogP contribution in [-0.2, 0) is 6.42 Å². The first-order valence-corrected chi connectivity index (χ1v) is 4.57. The third kappa shape index (κ3) is 0.971. The lowest BCUT2D eigenvalue weighted by atomic mass is 10.2. The molecule has 2 aromatic rings. The van der Waals surface area contributed by atoms with E-state index in [0.29, 0.717) is 12.1 Å². The Morgan fingerprint density at radius 2 is 2.47 bits per heavy atom. The van der Waals surface area contributed by atoms with Crippen LogP contribution >= 0.6 is 0 Å². The normalized spacial score (nSPS) is 12.6. The summed E-state index contributed by atoms with van der Waals surface area (Å²) in [6, 6.07) is 1.88. The number of furan rings is 1. The number of aromatic amines is 1. The molecule has 0 radical (unpaired) electrons. The lowest BCUT2D eigenvalue weighted by Gasteiger charge is -1.92. The lowest BCUT2D eigenvalue weighted by Crippen LogP contribution is -2.00. The number of fused-ring (bicyclic) bond motifs is 3. The fourth-order valence-electron chi connectivity index (χ4n) is 1.99. The van der Waals surface area contributed by atoms with Gasteiger partial charge < -0.3 is 9.52 Å². The zero-order valence-corrected chi connectivity index (χ0v) is 8.00. The molecule has 0 amide bonds. The molecule has 0 aromatic carbocycles. The van der Waals surface area contributed by atoms with E-state index in [0.717, 1.165) is 22.6 Å². The predicted molar refractivity (Wildman–Crippen MR) is 50.8 cm³/mol. The van der Waals surface area contributed by atoms with Crippen LogP contribution in [0.3, 0.4) is 0 Å². The summed E-state index contributed by atoms with van der Waals surface area (Å²) in [5.41, 5.74) is 2.50. The van der Waals surface area contributed by atoms with E-state index in [1.54, 1.807) is 0 Å². The third-order valence-electron chi connectivity index (χ3n) is 2.61. The van der Waals surface area contributed by atoms with Gasteiger partial charge in [-0.1, -0.05) is 0 Å². The van der Waals surface area contributed by atoms with Gasteiger partial charge in [0, 0.05) is 17.5 Å². The van der Waals surface area contributed by atoms with Gasteiger partial charge in [0.2, 0.25) is 0 Å². The van der Waals surface area contributed by atoms with E-state index in [1.165, 1.54) is 0 Å². The average molecular weight is 204 g/mol. The van der Waals surface area contributed by atoms with Crippen molar-refractivity contribution in [1.82, 2.24) is 10.2 Å². The highest BCUT2D eigenvalue weighted by Gasteiger charge is 2.30. The summed E-state index contributed by atoms with van der Waals surface area (Å²) in [5, 5.41) is 15.4. The molecule has 76 valence electrons. The Morgan fingerprint density at radius 1 is 1.67 bits per heavy atom. The van der Waals surface area contributed by atoms with Crippen LogP contribution in [0.25, 0.3) is 11.3 Å². The molecule has 5 heteroatoms. The van der Waals surface area contributed by atoms with Crippen molar-refractivity contribution in [2.75, 3.05) is 0 Å². The molecular weight excluding hydrogens is 196 g/mol. The molecule has 0 saturated heterocycles. The fraction of sp³-hybridized carbons (Fsp3) is 0.200. The number of carbonyl (C=O) groups is 1. The maximum absolute atomic E-state index is 10.9. The Hall–Kier alpha value is -2.04. The van der Waals surface area contributed by atoms with Crippen LogP contribution in [0.15, 0.2) is 10.5 Å². The standard InChI is InChI=1S/C10H8N2O3/c1-4-2-5-7(15-4)3-6-8(5)11-12-9(6)10(13)14/h2H,3H2,1H3,(H,11,12)(H,13,14). The maximum Gasteiger partial charge on any atom is 0.354 e. The van der Waals surface area contributed by atoms with Crippen LogP contribution in [0.2, 0.25) is 0 Å². The molecule has 0 bridgehead atoms. The number of hydrogen-bond donors (Lipinski definition) is 2. The SMILES string of the molecule is Cc1cc2c(o1)Cc1c-2n[nH]c1C(=O)O. The van der Waals surface area contributed by atoms with Gasteiger partial charge in [-0.3, -0.25) is 5.10 Å². The van der Waals surface area contributed by atoms with Crippen LogP contribution in [-0.4, -0.2) is 21.3 Å². The molecule has 5 nitrogen and oxygen atoms in total. The summed E-state index contributed by atoms with van der Waals surface area (Å²) in [6.07, 6.45) is 0.511. The highest BCUT2D eigenvalue weighted by molar-refractivity contribution is 5.91. The number of carboxylic acid groups (broad SMARTS) is 1. The van der Waals surface area contributed by atoms with Gasteiger partial charge in [0.05, 0.1) is 0 Å². The summed E-state index contributed by atoms with van der Waals surface area (Å²) >= 11 is 0. The number of aromatic carboxylic acids is 1. The number of carboxylic acids is 1. The topological polar surface area (TPSA) is 79.1 Å². The monoisotopic (exact) mass is 204 g/mol. The quantitative estimate of drug-likeness (QED) is 0.630. The summed E-state index contributed by atoms with van der Waals surface area (Å²) < 4.78 is 5.45. The second kappa shape index (κ2) is 2.50. The van der Waals surface area contributed by atoms with Crippen molar-refractivity contribution < 1.29 is 14.3 Å². The van der Waals surface area contributed by atoms with E-state index >= 15 is 0 Å². The minimum absolute atomic E-state index is 0.161. The summed E-state index contributed by atoms with van der Waals surface area (Å²) in [5.74, 6) is 0.651. The van der Waals surface area contributed by atoms with Crippen molar-refractivity contribution in [3.8, 4) is 11.3 Å². The Morgan fingerprint density at radius 3 is 3.20 bits per heavy atom. The van der Waals surface area contributed by atoms with Gasteiger partial charge in [0.25, 0.3) is 0 Å². The van der Waals surface area contributed by atoms with Crippen LogP contribution in [0.1, 0.15) is 27.6 Å². The molecule has 3 rings (SSSR count). The smallest absolute Gasteiger partial charge is 0.354 e. The number of rotatable bonds is 1. The molecule has 2 heterocycles. The van der Waals surface area contributed by atoms with E-state index in [4.69, 9.17) is 9.52 Å². The first-order chi connectivity index (χ1) is 7.16. The first-order valence-electron chi connectivity index (χ1n) is 4.57. The molecule has 0 fully saturated rings. The number of hydrogen-bond acceptors (Lipinski definition) is 3. The van der Waals surface area contributed by atoms with Gasteiger partial charge in [-0.15, -0.1) is 0 Å². The summed E-state index contributed by atoms with van der Waals surface area (Å²) in [4.78, 5) is 10.9. The zero-order chi connectivity index (χ0) is 10.6. The van der Waals surface area contributed by atoms with Crippen molar-refractivity contribution in [1.29, 1.82) is 0 Å². The minimum Gasteiger partial charge on any atom is -0.477 e. The Kier molecular flexibility index (Phi) is 1.38. The number of nitrogens with zero attached hydrogens (tertiary/aromatic N) is 1. The molecule has 2 aromatic heterocycles. The minimum atomic E-state index is -0.981. The maximum atomic E-state index is 10.9. The number of aryl methyl sites for hydroxylation is 1. The second-order valence-electron chi connectivity index (χ2n) is 3.60. The van der Waals surface area contributed by atoms with Gasteiger partial charge in [-0.2, -0.15) is 5.10 Å². The van der Waals surface area contributed by atoms with Gasteiger partial charge in [-0.05, 0) is 13.0 Å². The van der Waals surface area contributed by atoms with Gasteiger partial charge in [0.15, 0.2) is 0 Å². The van der Waals surface area contributed by atoms with E-state index in [-0.39, 0.29) is 5.69 Å². The van der Waals surface area contributed by atoms with E-state index in [1.807, 2.05) is 13.0 Å². The molecule has 0 spiro atoms. The summed E-state index contributed by atoms with van der Waals surface area (Å²) in [6.45, 7) is 1.86. The predicted octanol–water partition coefficient (Wildman–Crippen LogP) is 1.58. The number of aromatic nitrogens is 2. The highest BCUT2D eigenvalue weighted by Crippen LogP contribution is 2.38. The molecular formula is C10H8N2O3. The van der Waals surface area contributed by atoms with Crippen LogP contribution in [0, 0.1) is 6.92 Å². The van der Waals surface area contributed by atoms with E-state index in [9.17, 15) is 4.79 Å². The molecule has 0 saturated carbocycles. The van der Waals surface area contributed by atoms with Crippen molar-refractivity contribution in [3.05, 3.63) is 28.8 Å². The second-order valence-corrected chi connectivity index (χ2v) is 3.60. The van der Waals surface area contributed by atoms with Crippen molar-refractivity contribution in [3.63, 3.8) is 0 Å². The van der Waals surface area contributed by atoms with Crippen molar-refractivity contribution in [2.45, 2.75) is 13.3 Å². The van der Waals surface area contributed by atoms with Gasteiger partial charge in [0.1, 0.15) is 22.9 Å². The van der Waals surface area contributed by atoms with Crippen LogP contribution in [0.5, 0.6) is 0 Å². The first kappa shape index (κ1) is 8.28. The molecule has 2 N–H and O–H groups in total. The third-order valence-corrected chi connectivity index (χ3v) is 2.61.